The molecule has 0 amide bonds. The summed E-state index contributed by atoms with van der Waals surface area (Å²) >= 11 is 0. The zero-order valence-electron chi connectivity index (χ0n) is 10.8. The van der Waals surface area contributed by atoms with Crippen molar-refractivity contribution in [2.45, 2.75) is 6.42 Å². The maximum Gasteiger partial charge on any atom is 0.166 e. The van der Waals surface area contributed by atoms with E-state index in [4.69, 9.17) is 5.73 Å². The minimum Gasteiger partial charge on any atom is -0.361 e. The second kappa shape index (κ2) is 5.06. The van der Waals surface area contributed by atoms with Gasteiger partial charge in [0.25, 0.3) is 0 Å². The summed E-state index contributed by atoms with van der Waals surface area (Å²) in [5.74, 6) is -1.65. The molecule has 0 saturated heterocycles. The first-order valence-corrected chi connectivity index (χ1v) is 6.45. The van der Waals surface area contributed by atoms with Gasteiger partial charge in [-0.3, -0.25) is 0 Å². The summed E-state index contributed by atoms with van der Waals surface area (Å²) < 4.78 is 27.2. The Bertz CT molecular complexity index is 762. The quantitative estimate of drug-likeness (QED) is 0.751. The van der Waals surface area contributed by atoms with Gasteiger partial charge < -0.3 is 10.7 Å². The van der Waals surface area contributed by atoms with Gasteiger partial charge >= 0.3 is 0 Å². The van der Waals surface area contributed by atoms with Crippen LogP contribution in [0.3, 0.4) is 0 Å². The molecule has 102 valence electrons. The molecule has 3 aromatic rings. The van der Waals surface area contributed by atoms with E-state index in [1.807, 2.05) is 18.3 Å². The Hall–Kier alpha value is -2.20. The summed E-state index contributed by atoms with van der Waals surface area (Å²) in [6, 6.07) is 9.73. The number of hydrogen-bond acceptors (Lipinski definition) is 1. The van der Waals surface area contributed by atoms with Crippen LogP contribution in [0.4, 0.5) is 8.78 Å². The molecule has 0 aliphatic heterocycles. The maximum atomic E-state index is 13.9. The lowest BCUT2D eigenvalue weighted by Gasteiger charge is -2.05. The molecule has 2 nitrogen and oxygen atoms in total. The Morgan fingerprint density at radius 3 is 2.75 bits per heavy atom. The number of H-pyrrole nitrogens is 1. The minimum absolute atomic E-state index is 0.270. The zero-order chi connectivity index (χ0) is 14.1. The molecule has 3 N–H and O–H groups in total. The highest BCUT2D eigenvalue weighted by Crippen LogP contribution is 2.29. The van der Waals surface area contributed by atoms with E-state index < -0.39 is 11.6 Å². The summed E-state index contributed by atoms with van der Waals surface area (Å²) in [4.78, 5) is 3.15. The van der Waals surface area contributed by atoms with Gasteiger partial charge in [-0.15, -0.1) is 0 Å². The van der Waals surface area contributed by atoms with Crippen molar-refractivity contribution in [2.75, 3.05) is 6.54 Å². The fourth-order valence-corrected chi connectivity index (χ4v) is 2.44. The molecule has 0 radical (unpaired) electrons. The molecule has 0 atom stereocenters. The van der Waals surface area contributed by atoms with Gasteiger partial charge in [-0.25, -0.2) is 8.78 Å². The molecule has 0 saturated carbocycles. The molecule has 0 unspecified atom stereocenters. The zero-order valence-corrected chi connectivity index (χ0v) is 10.8. The number of benzene rings is 2. The summed E-state index contributed by atoms with van der Waals surface area (Å²) in [6.45, 7) is 0.547. The van der Waals surface area contributed by atoms with Crippen LogP contribution in [0.1, 0.15) is 5.56 Å². The molecule has 20 heavy (non-hydrogen) atoms. The van der Waals surface area contributed by atoms with Gasteiger partial charge in [0.05, 0.1) is 0 Å². The van der Waals surface area contributed by atoms with Crippen LogP contribution in [-0.4, -0.2) is 11.5 Å². The highest BCUT2D eigenvalue weighted by Gasteiger charge is 2.11. The molecular weight excluding hydrogens is 258 g/mol. The summed E-state index contributed by atoms with van der Waals surface area (Å²) in [5.41, 5.74) is 8.56. The first-order valence-electron chi connectivity index (χ1n) is 6.45. The van der Waals surface area contributed by atoms with E-state index in [0.717, 1.165) is 29.0 Å². The lowest BCUT2D eigenvalue weighted by molar-refractivity contribution is 0.511. The van der Waals surface area contributed by atoms with Crippen molar-refractivity contribution in [1.29, 1.82) is 0 Å². The van der Waals surface area contributed by atoms with E-state index in [9.17, 15) is 8.78 Å². The third-order valence-corrected chi connectivity index (χ3v) is 3.44. The van der Waals surface area contributed by atoms with E-state index in [0.29, 0.717) is 12.1 Å². The van der Waals surface area contributed by atoms with Gasteiger partial charge in [-0.2, -0.15) is 0 Å². The smallest absolute Gasteiger partial charge is 0.166 e. The lowest BCUT2D eigenvalue weighted by Crippen LogP contribution is -2.01. The van der Waals surface area contributed by atoms with E-state index in [1.165, 1.54) is 6.07 Å². The Labute approximate surface area is 115 Å². The number of hydrogen-bond donors (Lipinski definition) is 2. The minimum atomic E-state index is -0.834. The van der Waals surface area contributed by atoms with Crippen molar-refractivity contribution in [3.05, 3.63) is 59.8 Å². The predicted molar refractivity (Wildman–Crippen MR) is 76.4 cm³/mol. The molecule has 1 aromatic heterocycles. The van der Waals surface area contributed by atoms with Gasteiger partial charge in [-0.05, 0) is 42.3 Å². The molecule has 0 fully saturated rings. The second-order valence-electron chi connectivity index (χ2n) is 4.71. The third kappa shape index (κ3) is 2.08. The van der Waals surface area contributed by atoms with E-state index in [1.54, 1.807) is 12.1 Å². The Balaban J connectivity index is 2.16. The Kier molecular flexibility index (Phi) is 3.24. The van der Waals surface area contributed by atoms with Crippen LogP contribution >= 0.6 is 0 Å². The maximum absolute atomic E-state index is 13.9. The van der Waals surface area contributed by atoms with Gasteiger partial charge in [0.2, 0.25) is 0 Å². The normalized spacial score (nSPS) is 11.2. The van der Waals surface area contributed by atoms with Crippen LogP contribution in [0.5, 0.6) is 0 Å². The molecule has 0 aliphatic carbocycles. The summed E-state index contributed by atoms with van der Waals surface area (Å²) in [7, 11) is 0. The Morgan fingerprint density at radius 2 is 1.95 bits per heavy atom. The van der Waals surface area contributed by atoms with Crippen molar-refractivity contribution >= 4 is 10.9 Å². The van der Waals surface area contributed by atoms with Gasteiger partial charge in [-0.1, -0.05) is 18.2 Å². The van der Waals surface area contributed by atoms with Crippen molar-refractivity contribution in [1.82, 2.24) is 4.98 Å². The van der Waals surface area contributed by atoms with E-state index in [-0.39, 0.29) is 5.56 Å². The number of aromatic nitrogens is 1. The molecule has 0 aliphatic rings. The molecule has 0 spiro atoms. The van der Waals surface area contributed by atoms with Crippen molar-refractivity contribution in [3.8, 4) is 11.1 Å². The van der Waals surface area contributed by atoms with Crippen LogP contribution in [0.2, 0.25) is 0 Å². The van der Waals surface area contributed by atoms with Gasteiger partial charge in [0.15, 0.2) is 11.6 Å². The van der Waals surface area contributed by atoms with Crippen LogP contribution in [0.25, 0.3) is 22.0 Å². The fourth-order valence-electron chi connectivity index (χ4n) is 2.44. The lowest BCUT2D eigenvalue weighted by atomic mass is 10.0. The molecule has 3 rings (SSSR count). The number of halogens is 2. The fraction of sp³-hybridized carbons (Fsp3) is 0.125. The Morgan fingerprint density at radius 1 is 1.10 bits per heavy atom. The largest absolute Gasteiger partial charge is 0.361 e. The number of nitrogens with one attached hydrogen (secondary N) is 1. The van der Waals surface area contributed by atoms with Gasteiger partial charge in [0, 0.05) is 22.7 Å². The number of nitrogens with two attached hydrogens (primary N) is 1. The monoisotopic (exact) mass is 272 g/mol. The van der Waals surface area contributed by atoms with Crippen LogP contribution < -0.4 is 5.73 Å². The topological polar surface area (TPSA) is 41.8 Å². The molecule has 4 heteroatoms. The van der Waals surface area contributed by atoms with E-state index >= 15 is 0 Å². The van der Waals surface area contributed by atoms with Crippen LogP contribution in [-0.2, 0) is 6.42 Å². The highest BCUT2D eigenvalue weighted by molar-refractivity contribution is 5.88. The number of aromatic amines is 1. The van der Waals surface area contributed by atoms with Gasteiger partial charge in [0.1, 0.15) is 0 Å². The number of rotatable bonds is 3. The molecule has 2 aromatic carbocycles. The average Bonchev–Trinajstić information content (AvgIpc) is 2.85. The number of fused-ring (bicyclic) bond motifs is 1. The van der Waals surface area contributed by atoms with Crippen molar-refractivity contribution < 1.29 is 8.78 Å². The molecular formula is C16H14F2N2. The van der Waals surface area contributed by atoms with Crippen LogP contribution in [0.15, 0.2) is 42.6 Å². The van der Waals surface area contributed by atoms with Crippen molar-refractivity contribution in [3.63, 3.8) is 0 Å². The third-order valence-electron chi connectivity index (χ3n) is 3.44. The average molecular weight is 272 g/mol. The van der Waals surface area contributed by atoms with Crippen LogP contribution in [0, 0.1) is 11.6 Å². The second-order valence-corrected chi connectivity index (χ2v) is 4.71. The molecule has 1 heterocycles. The SMILES string of the molecule is NCCc1c[nH]c2ccc(-c3cccc(F)c3F)cc12. The highest BCUT2D eigenvalue weighted by atomic mass is 19.2. The first-order chi connectivity index (χ1) is 9.70. The summed E-state index contributed by atoms with van der Waals surface area (Å²) in [6.07, 6.45) is 2.65. The first kappa shape index (κ1) is 12.8. The molecule has 0 bridgehead atoms. The predicted octanol–water partition coefficient (Wildman–Crippen LogP) is 3.61. The van der Waals surface area contributed by atoms with Crippen molar-refractivity contribution in [2.24, 2.45) is 5.73 Å². The van der Waals surface area contributed by atoms with E-state index in [2.05, 4.69) is 4.98 Å². The summed E-state index contributed by atoms with van der Waals surface area (Å²) in [5, 5.41) is 0.997. The standard InChI is InChI=1S/C16H14F2N2/c17-14-3-1-2-12(16(14)18)10-4-5-15-13(8-10)11(6-7-19)9-20-15/h1-5,8-9,20H,6-7,19H2.